The minimum absolute atomic E-state index is 0.0946. The van der Waals surface area contributed by atoms with Gasteiger partial charge in [-0.25, -0.2) is 0 Å². The molecule has 2 N–H and O–H groups in total. The van der Waals surface area contributed by atoms with Gasteiger partial charge in [-0.05, 0) is 25.2 Å². The summed E-state index contributed by atoms with van der Waals surface area (Å²) in [5.74, 6) is 0.667. The maximum atomic E-state index is 12.8. The van der Waals surface area contributed by atoms with Crippen molar-refractivity contribution in [1.29, 1.82) is 0 Å². The fourth-order valence-corrected chi connectivity index (χ4v) is 4.10. The number of rotatable bonds is 8. The Labute approximate surface area is 149 Å². The van der Waals surface area contributed by atoms with Crippen LogP contribution in [-0.2, 0) is 11.3 Å². The van der Waals surface area contributed by atoms with Crippen LogP contribution >= 0.6 is 0 Å². The van der Waals surface area contributed by atoms with Crippen molar-refractivity contribution >= 4 is 5.91 Å². The predicted octanol–water partition coefficient (Wildman–Crippen LogP) is 1.19. The quantitative estimate of drug-likeness (QED) is 0.689. The van der Waals surface area contributed by atoms with Gasteiger partial charge in [0.25, 0.3) is 5.91 Å². The van der Waals surface area contributed by atoms with Gasteiger partial charge in [0.2, 0.25) is 0 Å². The van der Waals surface area contributed by atoms with E-state index < -0.39 is 5.60 Å². The Morgan fingerprint density at radius 1 is 1.24 bits per heavy atom. The molecule has 7 heteroatoms. The van der Waals surface area contributed by atoms with E-state index in [0.29, 0.717) is 26.1 Å². The molecule has 1 amide bonds. The maximum Gasteiger partial charge on any atom is 0.255 e. The van der Waals surface area contributed by atoms with Gasteiger partial charge in [-0.1, -0.05) is 37.3 Å². The summed E-state index contributed by atoms with van der Waals surface area (Å²) in [6.07, 6.45) is 12.6. The Bertz CT molecular complexity index is 530. The summed E-state index contributed by atoms with van der Waals surface area (Å²) in [5, 5.41) is 21.7. The molecule has 0 aromatic carbocycles. The molecule has 1 aliphatic heterocycles. The number of hydrogen-bond donors (Lipinski definition) is 2. The van der Waals surface area contributed by atoms with Gasteiger partial charge in [0.05, 0.1) is 12.7 Å². The lowest BCUT2D eigenvalue weighted by Crippen LogP contribution is -2.58. The highest BCUT2D eigenvalue weighted by atomic mass is 16.3. The fourth-order valence-electron chi connectivity index (χ4n) is 4.10. The molecule has 2 heterocycles. The van der Waals surface area contributed by atoms with Crippen LogP contribution in [0.2, 0.25) is 0 Å². The summed E-state index contributed by atoms with van der Waals surface area (Å²) >= 11 is 0. The SMILES string of the molecule is O=C1N(CCC2CCCCC2)CCCC1(O)CNCCn1ccnn1. The van der Waals surface area contributed by atoms with Crippen LogP contribution in [-0.4, -0.2) is 62.7 Å². The third kappa shape index (κ3) is 5.01. The molecule has 3 rings (SSSR count). The molecule has 7 nitrogen and oxygen atoms in total. The number of aromatic nitrogens is 3. The van der Waals surface area contributed by atoms with Crippen molar-refractivity contribution < 1.29 is 9.90 Å². The zero-order valence-corrected chi connectivity index (χ0v) is 15.1. The van der Waals surface area contributed by atoms with Crippen molar-refractivity contribution in [1.82, 2.24) is 25.2 Å². The van der Waals surface area contributed by atoms with Gasteiger partial charge in [-0.2, -0.15) is 0 Å². The number of carbonyl (C=O) groups excluding carboxylic acids is 1. The zero-order valence-electron chi connectivity index (χ0n) is 15.1. The first-order valence-electron chi connectivity index (χ1n) is 9.74. The first-order chi connectivity index (χ1) is 12.2. The lowest BCUT2D eigenvalue weighted by atomic mass is 9.86. The molecule has 1 atom stereocenters. The van der Waals surface area contributed by atoms with Gasteiger partial charge in [0, 0.05) is 32.4 Å². The third-order valence-electron chi connectivity index (χ3n) is 5.64. The largest absolute Gasteiger partial charge is 0.379 e. The topological polar surface area (TPSA) is 83.3 Å². The monoisotopic (exact) mass is 349 g/mol. The van der Waals surface area contributed by atoms with E-state index in [1.54, 1.807) is 17.1 Å². The minimum atomic E-state index is -1.26. The van der Waals surface area contributed by atoms with Crippen LogP contribution in [0.15, 0.2) is 12.4 Å². The van der Waals surface area contributed by atoms with Gasteiger partial charge in [-0.3, -0.25) is 9.48 Å². The highest BCUT2D eigenvalue weighted by molar-refractivity contribution is 5.86. The zero-order chi connectivity index (χ0) is 17.5. The molecule has 0 bridgehead atoms. The summed E-state index contributed by atoms with van der Waals surface area (Å²) in [6.45, 7) is 3.22. The summed E-state index contributed by atoms with van der Waals surface area (Å²) < 4.78 is 1.73. The Balaban J connectivity index is 1.42. The molecule has 1 saturated carbocycles. The predicted molar refractivity (Wildman–Crippen MR) is 94.8 cm³/mol. The number of amides is 1. The van der Waals surface area contributed by atoms with Gasteiger partial charge in [0.15, 0.2) is 5.60 Å². The lowest BCUT2D eigenvalue weighted by Gasteiger charge is -2.39. The molecule has 25 heavy (non-hydrogen) atoms. The molecule has 1 aromatic rings. The van der Waals surface area contributed by atoms with Crippen molar-refractivity contribution in [3.05, 3.63) is 12.4 Å². The number of piperidine rings is 1. The highest BCUT2D eigenvalue weighted by Gasteiger charge is 2.41. The van der Waals surface area contributed by atoms with Crippen LogP contribution in [0, 0.1) is 5.92 Å². The second kappa shape index (κ2) is 8.76. The number of hydrogen-bond acceptors (Lipinski definition) is 5. The van der Waals surface area contributed by atoms with E-state index in [4.69, 9.17) is 0 Å². The first kappa shape index (κ1) is 18.3. The second-order valence-electron chi connectivity index (χ2n) is 7.56. The molecule has 140 valence electrons. The Morgan fingerprint density at radius 3 is 2.84 bits per heavy atom. The standard InChI is InChI=1S/C18H31N5O2/c24-17-18(25,15-19-9-13-23-14-10-20-21-23)8-4-11-22(17)12-7-16-5-2-1-3-6-16/h10,14,16,19,25H,1-9,11-13,15H2. The van der Waals surface area contributed by atoms with Crippen molar-refractivity contribution in [3.8, 4) is 0 Å². The van der Waals surface area contributed by atoms with Gasteiger partial charge < -0.3 is 15.3 Å². The molecule has 2 aliphatic rings. The summed E-state index contributed by atoms with van der Waals surface area (Å²) in [6, 6.07) is 0. The van der Waals surface area contributed by atoms with Crippen LogP contribution in [0.1, 0.15) is 51.4 Å². The van der Waals surface area contributed by atoms with E-state index in [-0.39, 0.29) is 5.91 Å². The second-order valence-corrected chi connectivity index (χ2v) is 7.56. The van der Waals surface area contributed by atoms with Crippen molar-refractivity contribution in [3.63, 3.8) is 0 Å². The summed E-state index contributed by atoms with van der Waals surface area (Å²) in [5.41, 5.74) is -1.26. The van der Waals surface area contributed by atoms with E-state index in [2.05, 4.69) is 15.6 Å². The normalized spacial score (nSPS) is 25.5. The number of nitrogens with one attached hydrogen (secondary N) is 1. The molecular formula is C18H31N5O2. The lowest BCUT2D eigenvalue weighted by molar-refractivity contribution is -0.156. The van der Waals surface area contributed by atoms with Crippen LogP contribution in [0.4, 0.5) is 0 Å². The molecule has 1 unspecified atom stereocenters. The number of carbonyl (C=O) groups is 1. The van der Waals surface area contributed by atoms with E-state index in [0.717, 1.165) is 31.8 Å². The molecule has 0 radical (unpaired) electrons. The van der Waals surface area contributed by atoms with Crippen molar-refractivity contribution in [2.75, 3.05) is 26.2 Å². The molecule has 1 aliphatic carbocycles. The first-order valence-corrected chi connectivity index (χ1v) is 9.74. The average molecular weight is 349 g/mol. The Kier molecular flexibility index (Phi) is 6.42. The molecule has 2 fully saturated rings. The maximum absolute atomic E-state index is 12.8. The van der Waals surface area contributed by atoms with Crippen LogP contribution in [0.3, 0.4) is 0 Å². The smallest absolute Gasteiger partial charge is 0.255 e. The molecule has 0 spiro atoms. The number of nitrogens with zero attached hydrogens (tertiary/aromatic N) is 4. The summed E-state index contributed by atoms with van der Waals surface area (Å²) in [4.78, 5) is 14.6. The minimum Gasteiger partial charge on any atom is -0.379 e. The third-order valence-corrected chi connectivity index (χ3v) is 5.64. The fraction of sp³-hybridized carbons (Fsp3) is 0.833. The van der Waals surface area contributed by atoms with Gasteiger partial charge in [0.1, 0.15) is 0 Å². The summed E-state index contributed by atoms with van der Waals surface area (Å²) in [7, 11) is 0. The van der Waals surface area contributed by atoms with E-state index in [1.165, 1.54) is 32.1 Å². The van der Waals surface area contributed by atoms with Crippen LogP contribution in [0.5, 0.6) is 0 Å². The highest BCUT2D eigenvalue weighted by Crippen LogP contribution is 2.28. The average Bonchev–Trinajstić information content (AvgIpc) is 3.15. The van der Waals surface area contributed by atoms with E-state index >= 15 is 0 Å². The molecular weight excluding hydrogens is 318 g/mol. The van der Waals surface area contributed by atoms with Crippen molar-refractivity contribution in [2.24, 2.45) is 5.92 Å². The Hall–Kier alpha value is -1.47. The van der Waals surface area contributed by atoms with Crippen LogP contribution in [0.25, 0.3) is 0 Å². The van der Waals surface area contributed by atoms with Crippen molar-refractivity contribution in [2.45, 2.75) is 63.5 Å². The van der Waals surface area contributed by atoms with E-state index in [1.807, 2.05) is 4.90 Å². The van der Waals surface area contributed by atoms with E-state index in [9.17, 15) is 9.90 Å². The van der Waals surface area contributed by atoms with Gasteiger partial charge in [-0.15, -0.1) is 5.10 Å². The molecule has 1 saturated heterocycles. The van der Waals surface area contributed by atoms with Crippen LogP contribution < -0.4 is 5.32 Å². The number of likely N-dealkylation sites (tertiary alicyclic amines) is 1. The number of aliphatic hydroxyl groups is 1. The molecule has 1 aromatic heterocycles. The van der Waals surface area contributed by atoms with Gasteiger partial charge >= 0.3 is 0 Å². The Morgan fingerprint density at radius 2 is 2.08 bits per heavy atom.